The number of carbonyl (C=O) groups is 1. The van der Waals surface area contributed by atoms with Gasteiger partial charge in [-0.2, -0.15) is 0 Å². The molecule has 0 saturated heterocycles. The van der Waals surface area contributed by atoms with Gasteiger partial charge in [0.2, 0.25) is 0 Å². The third-order valence-corrected chi connectivity index (χ3v) is 4.09. The van der Waals surface area contributed by atoms with Crippen molar-refractivity contribution in [3.05, 3.63) is 46.4 Å². The Morgan fingerprint density at radius 1 is 1.24 bits per heavy atom. The smallest absolute Gasteiger partial charge is 0.259 e. The van der Waals surface area contributed by atoms with Crippen LogP contribution >= 0.6 is 0 Å². The van der Waals surface area contributed by atoms with Gasteiger partial charge in [-0.25, -0.2) is 0 Å². The molecule has 4 nitrogen and oxygen atoms in total. The van der Waals surface area contributed by atoms with Gasteiger partial charge in [0.05, 0.1) is 5.56 Å². The number of nitrogens with one attached hydrogen (secondary N) is 2. The summed E-state index contributed by atoms with van der Waals surface area (Å²) < 4.78 is 5.52. The molecule has 1 aromatic carbocycles. The van der Waals surface area contributed by atoms with E-state index in [1.54, 1.807) is 0 Å². The maximum Gasteiger partial charge on any atom is 0.259 e. The highest BCUT2D eigenvalue weighted by molar-refractivity contribution is 6.06. The summed E-state index contributed by atoms with van der Waals surface area (Å²) in [7, 11) is 0. The zero-order chi connectivity index (χ0) is 15.0. The molecule has 0 radical (unpaired) electrons. The molecule has 2 aromatic rings. The summed E-state index contributed by atoms with van der Waals surface area (Å²) in [4.78, 5) is 12.4. The number of anilines is 2. The van der Waals surface area contributed by atoms with E-state index in [4.69, 9.17) is 4.42 Å². The van der Waals surface area contributed by atoms with Gasteiger partial charge in [-0.3, -0.25) is 4.79 Å². The van der Waals surface area contributed by atoms with Crippen molar-refractivity contribution in [1.29, 1.82) is 0 Å². The minimum absolute atomic E-state index is 0.113. The third kappa shape index (κ3) is 2.53. The third-order valence-electron chi connectivity index (χ3n) is 4.09. The summed E-state index contributed by atoms with van der Waals surface area (Å²) >= 11 is 0. The second-order valence-corrected chi connectivity index (χ2v) is 5.57. The molecule has 0 unspecified atom stereocenters. The van der Waals surface area contributed by atoms with Crippen LogP contribution < -0.4 is 10.6 Å². The average Bonchev–Trinajstić information content (AvgIpc) is 2.72. The summed E-state index contributed by atoms with van der Waals surface area (Å²) in [5, 5.41) is 6.34. The van der Waals surface area contributed by atoms with Gasteiger partial charge in [-0.05, 0) is 51.3 Å². The summed E-state index contributed by atoms with van der Waals surface area (Å²) in [5.74, 6) is 1.35. The minimum atomic E-state index is -0.113. The van der Waals surface area contributed by atoms with Crippen LogP contribution in [0.1, 0.15) is 39.4 Å². The maximum atomic E-state index is 12.4. The molecule has 4 heteroatoms. The van der Waals surface area contributed by atoms with E-state index >= 15 is 0 Å². The van der Waals surface area contributed by atoms with Crippen molar-refractivity contribution in [2.75, 3.05) is 17.2 Å². The highest BCUT2D eigenvalue weighted by Gasteiger charge is 2.19. The lowest BCUT2D eigenvalue weighted by atomic mass is 10.0. The molecular weight excluding hydrogens is 264 g/mol. The Balaban J connectivity index is 1.84. The molecule has 21 heavy (non-hydrogen) atoms. The first-order valence-electron chi connectivity index (χ1n) is 7.31. The number of rotatable bonds is 2. The van der Waals surface area contributed by atoms with E-state index in [0.717, 1.165) is 42.1 Å². The highest BCUT2D eigenvalue weighted by atomic mass is 16.3. The van der Waals surface area contributed by atoms with Crippen molar-refractivity contribution < 1.29 is 9.21 Å². The van der Waals surface area contributed by atoms with Gasteiger partial charge in [0.25, 0.3) is 5.91 Å². The first-order chi connectivity index (χ1) is 10.1. The van der Waals surface area contributed by atoms with Crippen LogP contribution in [0.2, 0.25) is 0 Å². The molecule has 0 spiro atoms. The number of carbonyl (C=O) groups excluding carboxylic acids is 1. The van der Waals surface area contributed by atoms with E-state index in [2.05, 4.69) is 16.7 Å². The molecule has 2 heterocycles. The lowest BCUT2D eigenvalue weighted by Gasteiger charge is -2.18. The van der Waals surface area contributed by atoms with E-state index in [1.165, 1.54) is 5.56 Å². The lowest BCUT2D eigenvalue weighted by Crippen LogP contribution is -2.15. The molecule has 0 saturated carbocycles. The Kier molecular flexibility index (Phi) is 3.45. The Morgan fingerprint density at radius 3 is 2.76 bits per heavy atom. The van der Waals surface area contributed by atoms with E-state index in [0.29, 0.717) is 11.3 Å². The van der Waals surface area contributed by atoms with E-state index in [9.17, 15) is 4.79 Å². The lowest BCUT2D eigenvalue weighted by molar-refractivity contribution is 0.102. The fourth-order valence-electron chi connectivity index (χ4n) is 2.86. The van der Waals surface area contributed by atoms with Gasteiger partial charge >= 0.3 is 0 Å². The summed E-state index contributed by atoms with van der Waals surface area (Å²) in [6.45, 7) is 6.60. The molecular formula is C17H20N2O2. The number of hydrogen-bond acceptors (Lipinski definition) is 3. The van der Waals surface area contributed by atoms with Crippen molar-refractivity contribution in [1.82, 2.24) is 0 Å². The molecule has 1 amide bonds. The second-order valence-electron chi connectivity index (χ2n) is 5.57. The molecule has 1 aliphatic heterocycles. The Morgan fingerprint density at radius 2 is 2.05 bits per heavy atom. The van der Waals surface area contributed by atoms with Crippen LogP contribution in [0.5, 0.6) is 0 Å². The quantitative estimate of drug-likeness (QED) is 0.881. The van der Waals surface area contributed by atoms with E-state index in [1.807, 2.05) is 32.9 Å². The molecule has 110 valence electrons. The molecule has 3 rings (SSSR count). The number of furan rings is 1. The van der Waals surface area contributed by atoms with E-state index in [-0.39, 0.29) is 5.91 Å². The van der Waals surface area contributed by atoms with Gasteiger partial charge in [-0.1, -0.05) is 6.07 Å². The molecule has 0 atom stereocenters. The van der Waals surface area contributed by atoms with Crippen molar-refractivity contribution in [2.45, 2.75) is 33.6 Å². The van der Waals surface area contributed by atoms with Crippen LogP contribution in [0.4, 0.5) is 11.4 Å². The Labute approximate surface area is 124 Å². The monoisotopic (exact) mass is 284 g/mol. The maximum absolute atomic E-state index is 12.4. The number of hydrogen-bond donors (Lipinski definition) is 2. The predicted molar refractivity (Wildman–Crippen MR) is 84.1 cm³/mol. The second kappa shape index (κ2) is 5.28. The van der Waals surface area contributed by atoms with E-state index < -0.39 is 0 Å². The molecule has 2 N–H and O–H groups in total. The fraction of sp³-hybridized carbons (Fsp3) is 0.353. The Hall–Kier alpha value is -2.23. The largest absolute Gasteiger partial charge is 0.466 e. The first-order valence-corrected chi connectivity index (χ1v) is 7.31. The van der Waals surface area contributed by atoms with Gasteiger partial charge in [0.1, 0.15) is 11.5 Å². The van der Waals surface area contributed by atoms with Gasteiger partial charge < -0.3 is 15.1 Å². The number of aryl methyl sites for hydroxylation is 3. The minimum Gasteiger partial charge on any atom is -0.466 e. The van der Waals surface area contributed by atoms with Crippen LogP contribution in [-0.4, -0.2) is 12.5 Å². The van der Waals surface area contributed by atoms with Crippen LogP contribution in [0.3, 0.4) is 0 Å². The Bertz CT molecular complexity index is 701. The SMILES string of the molecule is Cc1oc(C)c(C(=O)Nc2ccc3c(c2)NCCC3)c1C. The number of fused-ring (bicyclic) bond motifs is 1. The average molecular weight is 284 g/mol. The highest BCUT2D eigenvalue weighted by Crippen LogP contribution is 2.27. The normalized spacial score (nSPS) is 13.5. The van der Waals surface area contributed by atoms with Gasteiger partial charge in [0.15, 0.2) is 0 Å². The standard InChI is InChI=1S/C17H20N2O2/c1-10-11(2)21-12(3)16(10)17(20)19-14-7-6-13-5-4-8-18-15(13)9-14/h6-7,9,18H,4-5,8H2,1-3H3,(H,19,20). The van der Waals surface area contributed by atoms with Gasteiger partial charge in [0, 0.05) is 23.5 Å². The van der Waals surface area contributed by atoms with Crippen molar-refractivity contribution in [3.63, 3.8) is 0 Å². The summed E-state index contributed by atoms with van der Waals surface area (Å²) in [6.07, 6.45) is 2.25. The summed E-state index contributed by atoms with van der Waals surface area (Å²) in [6, 6.07) is 6.04. The molecule has 0 fully saturated rings. The zero-order valence-electron chi connectivity index (χ0n) is 12.7. The zero-order valence-corrected chi connectivity index (χ0v) is 12.7. The molecule has 0 aliphatic carbocycles. The molecule has 1 aromatic heterocycles. The number of amides is 1. The first kappa shape index (κ1) is 13.7. The van der Waals surface area contributed by atoms with Crippen LogP contribution in [-0.2, 0) is 6.42 Å². The van der Waals surface area contributed by atoms with Crippen LogP contribution in [0, 0.1) is 20.8 Å². The topological polar surface area (TPSA) is 54.3 Å². The van der Waals surface area contributed by atoms with Crippen molar-refractivity contribution >= 4 is 17.3 Å². The van der Waals surface area contributed by atoms with Crippen LogP contribution in [0.15, 0.2) is 22.6 Å². The van der Waals surface area contributed by atoms with Crippen molar-refractivity contribution in [2.24, 2.45) is 0 Å². The molecule has 0 bridgehead atoms. The van der Waals surface area contributed by atoms with Crippen LogP contribution in [0.25, 0.3) is 0 Å². The van der Waals surface area contributed by atoms with Crippen molar-refractivity contribution in [3.8, 4) is 0 Å². The molecule has 1 aliphatic rings. The fourth-order valence-corrected chi connectivity index (χ4v) is 2.86. The van der Waals surface area contributed by atoms with Gasteiger partial charge in [-0.15, -0.1) is 0 Å². The summed E-state index contributed by atoms with van der Waals surface area (Å²) in [5.41, 5.74) is 4.78. The predicted octanol–water partition coefficient (Wildman–Crippen LogP) is 3.82. The number of benzene rings is 1.